The summed E-state index contributed by atoms with van der Waals surface area (Å²) in [5.41, 5.74) is 0. The summed E-state index contributed by atoms with van der Waals surface area (Å²) < 4.78 is 4.56. The third-order valence-corrected chi connectivity index (χ3v) is 2.51. The number of alkyl halides is 1. The molecule has 0 saturated carbocycles. The molecule has 0 aromatic carbocycles. The Balaban J connectivity index is 2.53. The van der Waals surface area contributed by atoms with Crippen LogP contribution >= 0.6 is 22.6 Å². The van der Waals surface area contributed by atoms with Gasteiger partial charge in [0.2, 0.25) is 0 Å². The van der Waals surface area contributed by atoms with Crippen LogP contribution in [0.4, 0.5) is 0 Å². The second kappa shape index (κ2) is 3.31. The molecule has 1 aliphatic heterocycles. The molecule has 0 aromatic heterocycles. The average molecular weight is 260 g/mol. The third kappa shape index (κ3) is 1.42. The number of hydrogen-bond acceptors (Lipinski definition) is 4. The zero-order valence-electron chi connectivity index (χ0n) is 5.14. The van der Waals surface area contributed by atoms with Gasteiger partial charge in [-0.3, -0.25) is 0 Å². The summed E-state index contributed by atoms with van der Waals surface area (Å²) >= 11 is 1.87. The molecule has 1 rings (SSSR count). The molecular weight excluding hydrogens is 251 g/mol. The standard InChI is InChI=1S/C5H9IO4/c6-5-4(9)3(8)2(1-7)10-5/h2-5,7-9H,1H2/t2-,3-,4+,5?/m0/s1. The Kier molecular flexibility index (Phi) is 2.87. The van der Waals surface area contributed by atoms with E-state index in [1.165, 1.54) is 0 Å². The first-order chi connectivity index (χ1) is 4.66. The molecule has 1 saturated heterocycles. The summed E-state index contributed by atoms with van der Waals surface area (Å²) in [6, 6.07) is 0. The number of rotatable bonds is 1. The van der Waals surface area contributed by atoms with E-state index in [1.54, 1.807) is 0 Å². The van der Waals surface area contributed by atoms with Crippen molar-refractivity contribution < 1.29 is 20.1 Å². The summed E-state index contributed by atoms with van der Waals surface area (Å²) in [6.45, 7) is -0.252. The number of hydrogen-bond donors (Lipinski definition) is 3. The van der Waals surface area contributed by atoms with E-state index in [-0.39, 0.29) is 6.61 Å². The van der Waals surface area contributed by atoms with Gasteiger partial charge in [-0.05, 0) is 22.6 Å². The summed E-state index contributed by atoms with van der Waals surface area (Å²) in [5.74, 6) is 0. The van der Waals surface area contributed by atoms with Crippen molar-refractivity contribution in [1.82, 2.24) is 0 Å². The van der Waals surface area contributed by atoms with Gasteiger partial charge in [0.1, 0.15) is 22.4 Å². The molecule has 1 fully saturated rings. The molecule has 0 aromatic rings. The Morgan fingerprint density at radius 2 is 1.90 bits per heavy atom. The van der Waals surface area contributed by atoms with Crippen molar-refractivity contribution in [2.45, 2.75) is 22.4 Å². The molecule has 0 spiro atoms. The number of halogens is 1. The lowest BCUT2D eigenvalue weighted by atomic mass is 10.2. The quantitative estimate of drug-likeness (QED) is 0.412. The molecule has 10 heavy (non-hydrogen) atoms. The van der Waals surface area contributed by atoms with Crippen LogP contribution in [0.1, 0.15) is 0 Å². The molecule has 0 radical (unpaired) electrons. The van der Waals surface area contributed by atoms with Gasteiger partial charge in [-0.2, -0.15) is 0 Å². The molecule has 1 unspecified atom stereocenters. The van der Waals surface area contributed by atoms with Crippen LogP contribution < -0.4 is 0 Å². The van der Waals surface area contributed by atoms with Gasteiger partial charge in [0.25, 0.3) is 0 Å². The van der Waals surface area contributed by atoms with Crippen molar-refractivity contribution in [1.29, 1.82) is 0 Å². The van der Waals surface area contributed by atoms with Gasteiger partial charge in [0, 0.05) is 0 Å². The lowest BCUT2D eigenvalue weighted by Crippen LogP contribution is -2.32. The highest BCUT2D eigenvalue weighted by Gasteiger charge is 2.40. The maximum atomic E-state index is 9.09. The molecule has 0 aliphatic carbocycles. The third-order valence-electron chi connectivity index (χ3n) is 1.48. The van der Waals surface area contributed by atoms with Gasteiger partial charge in [-0.1, -0.05) is 0 Å². The van der Waals surface area contributed by atoms with Crippen LogP contribution in [0.25, 0.3) is 0 Å². The normalized spacial score (nSPS) is 48.0. The van der Waals surface area contributed by atoms with Gasteiger partial charge >= 0.3 is 0 Å². The van der Waals surface area contributed by atoms with Crippen LogP contribution in [0.3, 0.4) is 0 Å². The maximum absolute atomic E-state index is 9.09. The highest BCUT2D eigenvalue weighted by Crippen LogP contribution is 2.24. The summed E-state index contributed by atoms with van der Waals surface area (Å²) in [5, 5.41) is 26.7. The van der Waals surface area contributed by atoms with Gasteiger partial charge < -0.3 is 20.1 Å². The van der Waals surface area contributed by atoms with Crippen LogP contribution in [0.15, 0.2) is 0 Å². The van der Waals surface area contributed by atoms with Gasteiger partial charge in [-0.15, -0.1) is 0 Å². The van der Waals surface area contributed by atoms with Crippen LogP contribution in [0.2, 0.25) is 0 Å². The van der Waals surface area contributed by atoms with Crippen molar-refractivity contribution in [2.75, 3.05) is 6.61 Å². The molecule has 0 bridgehead atoms. The van der Waals surface area contributed by atoms with Crippen LogP contribution in [-0.2, 0) is 4.74 Å². The topological polar surface area (TPSA) is 69.9 Å². The monoisotopic (exact) mass is 260 g/mol. The lowest BCUT2D eigenvalue weighted by Gasteiger charge is -2.09. The SMILES string of the molecule is OC[C@@H]1OC(I)[C@H](O)[C@H]1O. The molecule has 1 heterocycles. The number of aliphatic hydroxyl groups excluding tert-OH is 3. The van der Waals surface area contributed by atoms with E-state index in [2.05, 4.69) is 0 Å². The van der Waals surface area contributed by atoms with Crippen molar-refractivity contribution >= 4 is 22.6 Å². The highest BCUT2D eigenvalue weighted by atomic mass is 127. The van der Waals surface area contributed by atoms with Crippen molar-refractivity contribution in [3.05, 3.63) is 0 Å². The fourth-order valence-electron chi connectivity index (χ4n) is 0.854. The molecule has 5 heteroatoms. The van der Waals surface area contributed by atoms with E-state index >= 15 is 0 Å². The molecule has 4 atom stereocenters. The van der Waals surface area contributed by atoms with Crippen molar-refractivity contribution in [3.63, 3.8) is 0 Å². The van der Waals surface area contributed by atoms with Gasteiger partial charge in [0.05, 0.1) is 6.61 Å². The maximum Gasteiger partial charge on any atom is 0.137 e. The van der Waals surface area contributed by atoms with Crippen molar-refractivity contribution in [3.8, 4) is 0 Å². The predicted molar refractivity (Wildman–Crippen MR) is 41.8 cm³/mol. The van der Waals surface area contributed by atoms with Gasteiger partial charge in [-0.25, -0.2) is 0 Å². The fraction of sp³-hybridized carbons (Fsp3) is 1.00. The smallest absolute Gasteiger partial charge is 0.137 e. The van der Waals surface area contributed by atoms with E-state index < -0.39 is 22.4 Å². The number of aliphatic hydroxyl groups is 3. The highest BCUT2D eigenvalue weighted by molar-refractivity contribution is 14.1. The van der Waals surface area contributed by atoms with E-state index in [1.807, 2.05) is 22.6 Å². The summed E-state index contributed by atoms with van der Waals surface area (Å²) in [4.78, 5) is 0. The Morgan fingerprint density at radius 3 is 2.10 bits per heavy atom. The van der Waals surface area contributed by atoms with Gasteiger partial charge in [0.15, 0.2) is 0 Å². The van der Waals surface area contributed by atoms with E-state index in [4.69, 9.17) is 20.1 Å². The van der Waals surface area contributed by atoms with E-state index in [0.29, 0.717) is 0 Å². The fourth-order valence-corrected chi connectivity index (χ4v) is 1.66. The van der Waals surface area contributed by atoms with Crippen LogP contribution in [0.5, 0.6) is 0 Å². The Labute approximate surface area is 72.0 Å². The molecule has 1 aliphatic rings. The molecule has 60 valence electrons. The first-order valence-corrected chi connectivity index (χ1v) is 4.18. The first-order valence-electron chi connectivity index (χ1n) is 2.93. The second-order valence-electron chi connectivity index (χ2n) is 2.19. The van der Waals surface area contributed by atoms with Crippen LogP contribution in [0, 0.1) is 0 Å². The first kappa shape index (κ1) is 8.66. The van der Waals surface area contributed by atoms with Crippen molar-refractivity contribution in [2.24, 2.45) is 0 Å². The largest absolute Gasteiger partial charge is 0.394 e. The molecule has 0 amide bonds. The second-order valence-corrected chi connectivity index (χ2v) is 3.42. The average Bonchev–Trinajstić information content (AvgIpc) is 2.17. The minimum Gasteiger partial charge on any atom is -0.394 e. The molecular formula is C5H9IO4. The Bertz CT molecular complexity index is 120. The Hall–Kier alpha value is 0.570. The molecule has 4 nitrogen and oxygen atoms in total. The Morgan fingerprint density at radius 1 is 1.30 bits per heavy atom. The van der Waals surface area contributed by atoms with E-state index in [9.17, 15) is 0 Å². The lowest BCUT2D eigenvalue weighted by molar-refractivity contribution is -0.00699. The predicted octanol–water partition coefficient (Wildman–Crippen LogP) is -1.14. The summed E-state index contributed by atoms with van der Waals surface area (Å²) in [6.07, 6.45) is -2.46. The zero-order chi connectivity index (χ0) is 7.72. The molecule has 3 N–H and O–H groups in total. The van der Waals surface area contributed by atoms with E-state index in [0.717, 1.165) is 0 Å². The van der Waals surface area contributed by atoms with Crippen LogP contribution in [-0.4, -0.2) is 44.3 Å². The minimum atomic E-state index is -0.952. The zero-order valence-corrected chi connectivity index (χ0v) is 7.30. The number of ether oxygens (including phenoxy) is 1. The summed E-state index contributed by atoms with van der Waals surface area (Å²) in [7, 11) is 0. The minimum absolute atomic E-state index is 0.252.